The van der Waals surface area contributed by atoms with Gasteiger partial charge in [0.15, 0.2) is 0 Å². The van der Waals surface area contributed by atoms with Gasteiger partial charge in [-0.25, -0.2) is 4.79 Å². The first kappa shape index (κ1) is 12.2. The van der Waals surface area contributed by atoms with E-state index in [1.54, 1.807) is 0 Å². The second kappa shape index (κ2) is 4.21. The lowest BCUT2D eigenvalue weighted by Crippen LogP contribution is -2.05. The molecule has 1 aromatic heterocycles. The van der Waals surface area contributed by atoms with Crippen molar-refractivity contribution in [3.05, 3.63) is 47.8 Å². The number of halogens is 3. The molecule has 6 heteroatoms. The zero-order valence-electron chi connectivity index (χ0n) is 8.95. The van der Waals surface area contributed by atoms with Crippen molar-refractivity contribution in [3.8, 4) is 11.1 Å². The van der Waals surface area contributed by atoms with Gasteiger partial charge in [0, 0.05) is 11.8 Å². The number of aromatic nitrogens is 1. The minimum atomic E-state index is -4.45. The van der Waals surface area contributed by atoms with E-state index in [2.05, 4.69) is 4.98 Å². The van der Waals surface area contributed by atoms with Gasteiger partial charge in [-0.05, 0) is 23.8 Å². The number of carbonyl (C=O) groups is 1. The van der Waals surface area contributed by atoms with E-state index in [1.807, 2.05) is 0 Å². The van der Waals surface area contributed by atoms with Gasteiger partial charge >= 0.3 is 12.1 Å². The Hall–Kier alpha value is -2.24. The molecule has 1 heterocycles. The summed E-state index contributed by atoms with van der Waals surface area (Å²) in [6.07, 6.45) is -3.07. The SMILES string of the molecule is O=C(O)c1[nH]ccc1-c1cccc(C(F)(F)F)c1. The summed E-state index contributed by atoms with van der Waals surface area (Å²) in [5, 5.41) is 8.89. The number of aromatic amines is 1. The van der Waals surface area contributed by atoms with E-state index in [0.717, 1.165) is 12.1 Å². The van der Waals surface area contributed by atoms with Gasteiger partial charge in [-0.2, -0.15) is 13.2 Å². The zero-order chi connectivity index (χ0) is 13.3. The van der Waals surface area contributed by atoms with Gasteiger partial charge in [-0.1, -0.05) is 12.1 Å². The number of benzene rings is 1. The fraction of sp³-hybridized carbons (Fsp3) is 0.0833. The van der Waals surface area contributed by atoms with Gasteiger partial charge in [0.1, 0.15) is 5.69 Å². The number of carboxylic acids is 1. The fourth-order valence-corrected chi connectivity index (χ4v) is 1.65. The van der Waals surface area contributed by atoms with Gasteiger partial charge in [-0.3, -0.25) is 0 Å². The van der Waals surface area contributed by atoms with Gasteiger partial charge < -0.3 is 10.1 Å². The van der Waals surface area contributed by atoms with E-state index >= 15 is 0 Å². The molecule has 0 saturated heterocycles. The lowest BCUT2D eigenvalue weighted by atomic mass is 10.0. The van der Waals surface area contributed by atoms with Gasteiger partial charge in [-0.15, -0.1) is 0 Å². The number of H-pyrrole nitrogens is 1. The maximum atomic E-state index is 12.5. The largest absolute Gasteiger partial charge is 0.477 e. The molecule has 0 fully saturated rings. The third-order valence-electron chi connectivity index (χ3n) is 2.46. The zero-order valence-corrected chi connectivity index (χ0v) is 8.95. The Kier molecular flexibility index (Phi) is 2.86. The molecule has 0 amide bonds. The van der Waals surface area contributed by atoms with Gasteiger partial charge in [0.2, 0.25) is 0 Å². The Morgan fingerprint density at radius 2 is 1.94 bits per heavy atom. The topological polar surface area (TPSA) is 53.1 Å². The van der Waals surface area contributed by atoms with Crippen molar-refractivity contribution in [2.75, 3.05) is 0 Å². The highest BCUT2D eigenvalue weighted by Gasteiger charge is 2.30. The molecule has 0 radical (unpaired) electrons. The van der Waals surface area contributed by atoms with Crippen LogP contribution in [0, 0.1) is 0 Å². The molecule has 18 heavy (non-hydrogen) atoms. The molecule has 0 aliphatic heterocycles. The number of hydrogen-bond acceptors (Lipinski definition) is 1. The van der Waals surface area contributed by atoms with E-state index in [9.17, 15) is 18.0 Å². The average molecular weight is 255 g/mol. The Bertz CT molecular complexity index is 587. The number of hydrogen-bond donors (Lipinski definition) is 2. The Morgan fingerprint density at radius 3 is 2.56 bits per heavy atom. The second-order valence-corrected chi connectivity index (χ2v) is 3.65. The highest BCUT2D eigenvalue weighted by Crippen LogP contribution is 2.32. The molecule has 3 nitrogen and oxygen atoms in total. The fourth-order valence-electron chi connectivity index (χ4n) is 1.65. The Balaban J connectivity index is 2.52. The smallest absolute Gasteiger partial charge is 0.416 e. The van der Waals surface area contributed by atoms with Crippen LogP contribution in [0.25, 0.3) is 11.1 Å². The molecule has 0 spiro atoms. The minimum absolute atomic E-state index is 0.130. The normalized spacial score (nSPS) is 11.5. The summed E-state index contributed by atoms with van der Waals surface area (Å²) in [6.45, 7) is 0. The molecular weight excluding hydrogens is 247 g/mol. The number of aromatic carboxylic acids is 1. The van der Waals surface area contributed by atoms with Gasteiger partial charge in [0.05, 0.1) is 5.56 Å². The molecule has 94 valence electrons. The van der Waals surface area contributed by atoms with Crippen LogP contribution in [0.4, 0.5) is 13.2 Å². The number of carboxylic acid groups (broad SMARTS) is 1. The molecule has 2 N–H and O–H groups in total. The Morgan fingerprint density at radius 1 is 1.22 bits per heavy atom. The van der Waals surface area contributed by atoms with Crippen molar-refractivity contribution in [1.82, 2.24) is 4.98 Å². The third-order valence-corrected chi connectivity index (χ3v) is 2.46. The molecule has 1 aromatic carbocycles. The molecule has 0 aliphatic carbocycles. The summed E-state index contributed by atoms with van der Waals surface area (Å²) in [6, 6.07) is 5.98. The van der Waals surface area contributed by atoms with E-state index in [0.29, 0.717) is 0 Å². The van der Waals surface area contributed by atoms with Crippen molar-refractivity contribution in [3.63, 3.8) is 0 Å². The average Bonchev–Trinajstić information content (AvgIpc) is 2.77. The van der Waals surface area contributed by atoms with Crippen molar-refractivity contribution in [1.29, 1.82) is 0 Å². The monoisotopic (exact) mass is 255 g/mol. The van der Waals surface area contributed by atoms with Crippen molar-refractivity contribution >= 4 is 5.97 Å². The molecule has 2 aromatic rings. The van der Waals surface area contributed by atoms with E-state index in [-0.39, 0.29) is 16.8 Å². The van der Waals surface area contributed by atoms with Crippen LogP contribution in [-0.2, 0) is 6.18 Å². The van der Waals surface area contributed by atoms with E-state index < -0.39 is 17.7 Å². The van der Waals surface area contributed by atoms with Crippen LogP contribution in [0.1, 0.15) is 16.1 Å². The maximum absolute atomic E-state index is 12.5. The highest BCUT2D eigenvalue weighted by molar-refractivity contribution is 5.94. The predicted molar refractivity (Wildman–Crippen MR) is 58.2 cm³/mol. The van der Waals surface area contributed by atoms with Crippen LogP contribution < -0.4 is 0 Å². The summed E-state index contributed by atoms with van der Waals surface area (Å²) in [5.41, 5.74) is -0.496. The maximum Gasteiger partial charge on any atom is 0.416 e. The first-order valence-electron chi connectivity index (χ1n) is 4.98. The summed E-state index contributed by atoms with van der Waals surface area (Å²) in [4.78, 5) is 13.4. The van der Waals surface area contributed by atoms with Crippen molar-refractivity contribution < 1.29 is 23.1 Å². The van der Waals surface area contributed by atoms with Crippen LogP contribution in [-0.4, -0.2) is 16.1 Å². The second-order valence-electron chi connectivity index (χ2n) is 3.65. The quantitative estimate of drug-likeness (QED) is 0.864. The van der Waals surface area contributed by atoms with Crippen molar-refractivity contribution in [2.45, 2.75) is 6.18 Å². The van der Waals surface area contributed by atoms with E-state index in [4.69, 9.17) is 5.11 Å². The van der Waals surface area contributed by atoms with Gasteiger partial charge in [0.25, 0.3) is 0 Å². The van der Waals surface area contributed by atoms with Crippen molar-refractivity contribution in [2.24, 2.45) is 0 Å². The molecule has 0 aliphatic rings. The molecule has 2 rings (SSSR count). The molecular formula is C12H8F3NO2. The summed E-state index contributed by atoms with van der Waals surface area (Å²) in [5.74, 6) is -1.22. The standard InChI is InChI=1S/C12H8F3NO2/c13-12(14,15)8-3-1-2-7(6-8)9-4-5-16-10(9)11(17)18/h1-6,16H,(H,17,18). The van der Waals surface area contributed by atoms with Crippen LogP contribution in [0.15, 0.2) is 36.5 Å². The first-order chi connectivity index (χ1) is 8.39. The molecule has 0 unspecified atom stereocenters. The van der Waals surface area contributed by atoms with Crippen LogP contribution >= 0.6 is 0 Å². The van der Waals surface area contributed by atoms with Crippen LogP contribution in [0.5, 0.6) is 0 Å². The summed E-state index contributed by atoms with van der Waals surface area (Å²) in [7, 11) is 0. The minimum Gasteiger partial charge on any atom is -0.477 e. The lowest BCUT2D eigenvalue weighted by Gasteiger charge is -2.08. The van der Waals surface area contributed by atoms with Crippen LogP contribution in [0.2, 0.25) is 0 Å². The predicted octanol–water partition coefficient (Wildman–Crippen LogP) is 3.40. The first-order valence-corrected chi connectivity index (χ1v) is 4.98. The number of rotatable bonds is 2. The molecule has 0 saturated carbocycles. The molecule has 0 atom stereocenters. The number of alkyl halides is 3. The van der Waals surface area contributed by atoms with Crippen LogP contribution in [0.3, 0.4) is 0 Å². The lowest BCUT2D eigenvalue weighted by molar-refractivity contribution is -0.137. The van der Waals surface area contributed by atoms with E-state index in [1.165, 1.54) is 24.4 Å². The number of nitrogens with one attached hydrogen (secondary N) is 1. The third kappa shape index (κ3) is 2.22. The summed E-state index contributed by atoms with van der Waals surface area (Å²) < 4.78 is 37.6. The molecule has 0 bridgehead atoms. The summed E-state index contributed by atoms with van der Waals surface area (Å²) >= 11 is 0. The Labute approximate surface area is 99.9 Å². The highest BCUT2D eigenvalue weighted by atomic mass is 19.4.